The standard InChI is InChI=1S/C9H11BrO2/c1-11-6-7-12-9-5-3-2-4-8(9)10/h2-5H,6-7H2,1H3. The first-order chi connectivity index (χ1) is 5.84. The second kappa shape index (κ2) is 5.17. The van der Waals surface area contributed by atoms with Gasteiger partial charge in [0.25, 0.3) is 0 Å². The number of benzene rings is 1. The molecule has 66 valence electrons. The average Bonchev–Trinajstić information content (AvgIpc) is 2.09. The lowest BCUT2D eigenvalue weighted by molar-refractivity contribution is 0.146. The minimum atomic E-state index is 0.582. The Hall–Kier alpha value is -0.540. The van der Waals surface area contributed by atoms with Gasteiger partial charge in [-0.05, 0) is 28.1 Å². The van der Waals surface area contributed by atoms with Crippen molar-refractivity contribution in [1.29, 1.82) is 0 Å². The Bertz CT molecular complexity index is 238. The van der Waals surface area contributed by atoms with Gasteiger partial charge in [0.15, 0.2) is 0 Å². The average molecular weight is 231 g/mol. The molecule has 1 rings (SSSR count). The first-order valence-electron chi connectivity index (χ1n) is 3.71. The number of hydrogen-bond acceptors (Lipinski definition) is 2. The minimum absolute atomic E-state index is 0.582. The van der Waals surface area contributed by atoms with E-state index in [1.807, 2.05) is 24.3 Å². The van der Waals surface area contributed by atoms with Crippen molar-refractivity contribution >= 4 is 15.9 Å². The predicted octanol–water partition coefficient (Wildman–Crippen LogP) is 2.47. The zero-order valence-electron chi connectivity index (χ0n) is 6.92. The number of para-hydroxylation sites is 1. The van der Waals surface area contributed by atoms with Gasteiger partial charge < -0.3 is 9.47 Å². The van der Waals surface area contributed by atoms with Crippen molar-refractivity contribution < 1.29 is 9.47 Å². The van der Waals surface area contributed by atoms with Crippen molar-refractivity contribution in [3.05, 3.63) is 28.7 Å². The maximum atomic E-state index is 5.41. The van der Waals surface area contributed by atoms with E-state index in [0.717, 1.165) is 10.2 Å². The summed E-state index contributed by atoms with van der Waals surface area (Å²) in [5.41, 5.74) is 0. The van der Waals surface area contributed by atoms with E-state index >= 15 is 0 Å². The molecule has 0 bridgehead atoms. The molecule has 0 amide bonds. The Morgan fingerprint density at radius 1 is 1.25 bits per heavy atom. The fourth-order valence-corrected chi connectivity index (χ4v) is 1.20. The Kier molecular flexibility index (Phi) is 4.11. The molecule has 0 aliphatic carbocycles. The number of hydrogen-bond donors (Lipinski definition) is 0. The van der Waals surface area contributed by atoms with Gasteiger partial charge in [0.1, 0.15) is 12.4 Å². The number of methoxy groups -OCH3 is 1. The van der Waals surface area contributed by atoms with Crippen molar-refractivity contribution in [2.75, 3.05) is 20.3 Å². The van der Waals surface area contributed by atoms with Gasteiger partial charge in [-0.15, -0.1) is 0 Å². The van der Waals surface area contributed by atoms with Gasteiger partial charge in [-0.1, -0.05) is 12.1 Å². The molecule has 0 aliphatic rings. The van der Waals surface area contributed by atoms with Crippen LogP contribution in [-0.2, 0) is 4.74 Å². The first kappa shape index (κ1) is 9.55. The predicted molar refractivity (Wildman–Crippen MR) is 51.5 cm³/mol. The number of halogens is 1. The van der Waals surface area contributed by atoms with Crippen LogP contribution in [0.25, 0.3) is 0 Å². The Balaban J connectivity index is 2.46. The molecule has 3 heteroatoms. The van der Waals surface area contributed by atoms with Crippen LogP contribution in [0.3, 0.4) is 0 Å². The molecule has 0 atom stereocenters. The van der Waals surface area contributed by atoms with E-state index in [2.05, 4.69) is 15.9 Å². The number of ether oxygens (including phenoxy) is 2. The molecule has 12 heavy (non-hydrogen) atoms. The summed E-state index contributed by atoms with van der Waals surface area (Å²) in [5.74, 6) is 0.856. The molecule has 0 saturated heterocycles. The quantitative estimate of drug-likeness (QED) is 0.741. The molecule has 2 nitrogen and oxygen atoms in total. The molecule has 0 radical (unpaired) electrons. The van der Waals surface area contributed by atoms with Crippen LogP contribution in [0.2, 0.25) is 0 Å². The van der Waals surface area contributed by atoms with Crippen LogP contribution in [0, 0.1) is 0 Å². The first-order valence-corrected chi connectivity index (χ1v) is 4.50. The maximum absolute atomic E-state index is 5.41. The summed E-state index contributed by atoms with van der Waals surface area (Å²) >= 11 is 3.38. The van der Waals surface area contributed by atoms with Crippen molar-refractivity contribution in [2.24, 2.45) is 0 Å². The molecular weight excluding hydrogens is 220 g/mol. The molecule has 1 aromatic carbocycles. The van der Waals surface area contributed by atoms with E-state index < -0.39 is 0 Å². The van der Waals surface area contributed by atoms with E-state index in [1.165, 1.54) is 0 Å². The van der Waals surface area contributed by atoms with E-state index in [9.17, 15) is 0 Å². The Morgan fingerprint density at radius 3 is 2.67 bits per heavy atom. The van der Waals surface area contributed by atoms with E-state index in [-0.39, 0.29) is 0 Å². The van der Waals surface area contributed by atoms with E-state index in [1.54, 1.807) is 7.11 Å². The van der Waals surface area contributed by atoms with Crippen LogP contribution in [0.4, 0.5) is 0 Å². The zero-order chi connectivity index (χ0) is 8.81. The summed E-state index contributed by atoms with van der Waals surface area (Å²) in [6.07, 6.45) is 0. The second-order valence-electron chi connectivity index (χ2n) is 2.27. The van der Waals surface area contributed by atoms with Crippen molar-refractivity contribution in [1.82, 2.24) is 0 Å². The van der Waals surface area contributed by atoms with Crippen molar-refractivity contribution in [2.45, 2.75) is 0 Å². The van der Waals surface area contributed by atoms with Crippen LogP contribution < -0.4 is 4.74 Å². The van der Waals surface area contributed by atoms with Crippen LogP contribution in [0.1, 0.15) is 0 Å². The molecular formula is C9H11BrO2. The summed E-state index contributed by atoms with van der Waals surface area (Å²) in [6.45, 7) is 1.19. The lowest BCUT2D eigenvalue weighted by Gasteiger charge is -2.06. The van der Waals surface area contributed by atoms with Crippen LogP contribution >= 0.6 is 15.9 Å². The third kappa shape index (κ3) is 2.83. The summed E-state index contributed by atoms with van der Waals surface area (Å²) in [5, 5.41) is 0. The minimum Gasteiger partial charge on any atom is -0.490 e. The third-order valence-electron chi connectivity index (χ3n) is 1.38. The highest BCUT2D eigenvalue weighted by Gasteiger charge is 1.97. The van der Waals surface area contributed by atoms with Gasteiger partial charge >= 0.3 is 0 Å². The van der Waals surface area contributed by atoms with Gasteiger partial charge in [-0.25, -0.2) is 0 Å². The van der Waals surface area contributed by atoms with Gasteiger partial charge in [0.05, 0.1) is 11.1 Å². The van der Waals surface area contributed by atoms with Gasteiger partial charge in [-0.2, -0.15) is 0 Å². The lowest BCUT2D eigenvalue weighted by atomic mass is 10.3. The monoisotopic (exact) mass is 230 g/mol. The van der Waals surface area contributed by atoms with Gasteiger partial charge in [-0.3, -0.25) is 0 Å². The SMILES string of the molecule is COCCOc1ccccc1Br. The van der Waals surface area contributed by atoms with Crippen LogP contribution in [-0.4, -0.2) is 20.3 Å². The highest BCUT2D eigenvalue weighted by atomic mass is 79.9. The highest BCUT2D eigenvalue weighted by Crippen LogP contribution is 2.23. The molecule has 0 unspecified atom stereocenters. The largest absolute Gasteiger partial charge is 0.490 e. The number of rotatable bonds is 4. The van der Waals surface area contributed by atoms with Crippen molar-refractivity contribution in [3.63, 3.8) is 0 Å². The molecule has 0 saturated carbocycles. The molecule has 0 heterocycles. The maximum Gasteiger partial charge on any atom is 0.133 e. The molecule has 0 N–H and O–H groups in total. The topological polar surface area (TPSA) is 18.5 Å². The van der Waals surface area contributed by atoms with Crippen LogP contribution in [0.5, 0.6) is 5.75 Å². The summed E-state index contributed by atoms with van der Waals surface area (Å²) in [6, 6.07) is 7.75. The third-order valence-corrected chi connectivity index (χ3v) is 2.04. The summed E-state index contributed by atoms with van der Waals surface area (Å²) in [4.78, 5) is 0. The fraction of sp³-hybridized carbons (Fsp3) is 0.333. The van der Waals surface area contributed by atoms with Crippen molar-refractivity contribution in [3.8, 4) is 5.75 Å². The molecule has 0 aliphatic heterocycles. The Morgan fingerprint density at radius 2 is 2.00 bits per heavy atom. The molecule has 1 aromatic rings. The molecule has 0 spiro atoms. The summed E-state index contributed by atoms with van der Waals surface area (Å²) < 4.78 is 11.2. The van der Waals surface area contributed by atoms with Crippen LogP contribution in [0.15, 0.2) is 28.7 Å². The second-order valence-corrected chi connectivity index (χ2v) is 3.13. The van der Waals surface area contributed by atoms with E-state index in [4.69, 9.17) is 9.47 Å². The van der Waals surface area contributed by atoms with Gasteiger partial charge in [0.2, 0.25) is 0 Å². The molecule has 0 aromatic heterocycles. The van der Waals surface area contributed by atoms with E-state index in [0.29, 0.717) is 13.2 Å². The smallest absolute Gasteiger partial charge is 0.133 e. The lowest BCUT2D eigenvalue weighted by Crippen LogP contribution is -2.04. The zero-order valence-corrected chi connectivity index (χ0v) is 8.50. The molecule has 0 fully saturated rings. The normalized spacial score (nSPS) is 9.83. The Labute approximate surface area is 80.6 Å². The highest BCUT2D eigenvalue weighted by molar-refractivity contribution is 9.10. The summed E-state index contributed by atoms with van der Waals surface area (Å²) in [7, 11) is 1.66. The fourth-order valence-electron chi connectivity index (χ4n) is 0.797. The van der Waals surface area contributed by atoms with Gasteiger partial charge in [0, 0.05) is 7.11 Å².